The Morgan fingerprint density at radius 1 is 1.30 bits per heavy atom. The van der Waals surface area contributed by atoms with Crippen molar-refractivity contribution in [3.8, 4) is 11.3 Å². The molecule has 2 rings (SSSR count). The Morgan fingerprint density at radius 3 is 2.47 bits per heavy atom. The number of benzene rings is 1. The van der Waals surface area contributed by atoms with E-state index in [4.69, 9.17) is 15.1 Å². The zero-order chi connectivity index (χ0) is 22.5. The molecule has 162 valence electrons. The van der Waals surface area contributed by atoms with E-state index in [1.165, 1.54) is 6.11 Å². The van der Waals surface area contributed by atoms with E-state index in [0.717, 1.165) is 22.6 Å². The summed E-state index contributed by atoms with van der Waals surface area (Å²) >= 11 is 0. The topological polar surface area (TPSA) is 82.5 Å². The van der Waals surface area contributed by atoms with Gasteiger partial charge in [-0.15, -0.1) is 0 Å². The number of aryl methyl sites for hydroxylation is 1. The third kappa shape index (κ3) is 6.06. The molecule has 0 aliphatic heterocycles. The summed E-state index contributed by atoms with van der Waals surface area (Å²) in [6.07, 6.45) is 3.96. The summed E-state index contributed by atoms with van der Waals surface area (Å²) in [6.45, 7) is 13.8. The fraction of sp³-hybridized carbons (Fsp3) is 0.545. The summed E-state index contributed by atoms with van der Waals surface area (Å²) in [7, 11) is 0.820. The Morgan fingerprint density at radius 2 is 1.93 bits per heavy atom. The summed E-state index contributed by atoms with van der Waals surface area (Å²) in [6, 6.07) is 8.18. The average molecular weight is 426 g/mol. The normalized spacial score (nSPS) is 14.7. The van der Waals surface area contributed by atoms with E-state index in [1.807, 2.05) is 13.2 Å². The first-order valence-corrected chi connectivity index (χ1v) is 13.4. The molecule has 0 amide bonds. The van der Waals surface area contributed by atoms with Gasteiger partial charge in [0.15, 0.2) is 8.32 Å². The number of hydrogen-bond acceptors (Lipinski definition) is 5. The van der Waals surface area contributed by atoms with Gasteiger partial charge in [0, 0.05) is 0 Å². The molecular weight excluding hydrogens is 391 g/mol. The van der Waals surface area contributed by atoms with E-state index < -0.39 is 8.32 Å². The molecule has 1 aromatic carbocycles. The zero-order valence-corrected chi connectivity index (χ0v) is 20.3. The first-order chi connectivity index (χ1) is 14.0. The maximum absolute atomic E-state index is 10.5. The summed E-state index contributed by atoms with van der Waals surface area (Å²) in [5.74, 6) is 0.935. The van der Waals surface area contributed by atoms with Crippen LogP contribution in [0.2, 0.25) is 18.1 Å². The second-order valence-corrected chi connectivity index (χ2v) is 14.1. The van der Waals surface area contributed by atoms with Gasteiger partial charge in [-0.2, -0.15) is 0 Å². The molecule has 0 radical (unpaired) electrons. The Bertz CT molecular complexity index is 872. The Hall–Kier alpha value is -1.90. The third-order valence-corrected chi connectivity index (χ3v) is 10.5. The monoisotopic (exact) mass is 426 g/mol. The second kappa shape index (κ2) is 9.94. The molecule has 0 saturated heterocycles. The number of nitrogens with zero attached hydrogens (tertiary/aromatic N) is 3. The van der Waals surface area contributed by atoms with Crippen LogP contribution in [0.5, 0.6) is 0 Å². The molecular formula is C22H35BN4O2Si. The molecule has 30 heavy (non-hydrogen) atoms. The predicted octanol–water partition coefficient (Wildman–Crippen LogP) is 4.12. The molecule has 1 heterocycles. The molecule has 0 fully saturated rings. The first kappa shape index (κ1) is 24.4. The summed E-state index contributed by atoms with van der Waals surface area (Å²) in [5, 5.41) is 0.155. The number of aromatic nitrogens is 2. The van der Waals surface area contributed by atoms with Gasteiger partial charge in [-0.25, -0.2) is 0 Å². The van der Waals surface area contributed by atoms with Crippen LogP contribution in [0.4, 0.5) is 0 Å². The molecule has 0 aliphatic carbocycles. The molecule has 2 N–H and O–H groups in total. The maximum atomic E-state index is 10.5. The van der Waals surface area contributed by atoms with Gasteiger partial charge in [-0.05, 0) is 25.1 Å². The molecule has 2 atom stereocenters. The standard InChI is InChI=1S/C22H35BN4O2Si/c1-16(29-30(6,7)22(2,3)4)21-26-20(14-27(21)5)18-10-8-17(9-11-18)12-19(13-24)25-15-23-28/h8-11,14-16,19H,12-13,24H2,1-7H3. The minimum atomic E-state index is -1.88. The van der Waals surface area contributed by atoms with Crippen molar-refractivity contribution in [2.24, 2.45) is 17.8 Å². The van der Waals surface area contributed by atoms with Gasteiger partial charge >= 0.3 is 124 Å². The Kier molecular flexibility index (Phi) is 8.07. The van der Waals surface area contributed by atoms with Gasteiger partial charge in [0.25, 0.3) is 0 Å². The molecule has 0 bridgehead atoms. The fourth-order valence-electron chi connectivity index (χ4n) is 3.11. The van der Waals surface area contributed by atoms with Crippen molar-refractivity contribution in [2.45, 2.75) is 64.4 Å². The predicted molar refractivity (Wildman–Crippen MR) is 127 cm³/mol. The van der Waals surface area contributed by atoms with Crippen LogP contribution in [0.1, 0.15) is 45.2 Å². The SMILES string of the molecule is CC(O[Si](C)(C)C(C)(C)C)c1nc(-c2ccc(CC(CN)N=CB=O)cc2)cn1C. The van der Waals surface area contributed by atoms with Crippen molar-refractivity contribution < 1.29 is 9.13 Å². The van der Waals surface area contributed by atoms with E-state index in [9.17, 15) is 4.70 Å². The molecule has 8 heteroatoms. The van der Waals surface area contributed by atoms with Crippen LogP contribution in [-0.2, 0) is 22.6 Å². The van der Waals surface area contributed by atoms with Gasteiger partial charge < -0.3 is 4.43 Å². The quantitative estimate of drug-likeness (QED) is 0.483. The number of hydrogen-bond donors (Lipinski definition) is 1. The van der Waals surface area contributed by atoms with Crippen LogP contribution in [0.3, 0.4) is 0 Å². The van der Waals surface area contributed by atoms with Gasteiger partial charge in [0.2, 0.25) is 0 Å². The van der Waals surface area contributed by atoms with Crippen molar-refractivity contribution in [1.29, 1.82) is 0 Å². The molecule has 0 aliphatic rings. The van der Waals surface area contributed by atoms with E-state index >= 15 is 0 Å². The third-order valence-electron chi connectivity index (χ3n) is 5.90. The van der Waals surface area contributed by atoms with Crippen molar-refractivity contribution in [2.75, 3.05) is 6.54 Å². The van der Waals surface area contributed by atoms with Crippen LogP contribution in [0.15, 0.2) is 35.5 Å². The van der Waals surface area contributed by atoms with Gasteiger partial charge in [-0.1, -0.05) is 20.8 Å². The molecule has 0 saturated carbocycles. The van der Waals surface area contributed by atoms with E-state index in [0.29, 0.717) is 20.1 Å². The average Bonchev–Trinajstić information content (AvgIpc) is 3.06. The second-order valence-electron chi connectivity index (χ2n) is 9.34. The molecule has 6 nitrogen and oxygen atoms in total. The minimum absolute atomic E-state index is 0.0649. The Balaban J connectivity index is 2.16. The Labute approximate surface area is 182 Å². The first-order valence-electron chi connectivity index (χ1n) is 10.5. The van der Waals surface area contributed by atoms with Gasteiger partial charge in [0.05, 0.1) is 0 Å². The fourth-order valence-corrected chi connectivity index (χ4v) is 4.45. The van der Waals surface area contributed by atoms with Crippen LogP contribution in [0, 0.1) is 0 Å². The van der Waals surface area contributed by atoms with Crippen molar-refractivity contribution in [1.82, 2.24) is 9.55 Å². The number of aliphatic imine (C=N–C) groups is 1. The van der Waals surface area contributed by atoms with Crippen molar-refractivity contribution >= 4 is 21.6 Å². The summed E-state index contributed by atoms with van der Waals surface area (Å²) in [4.78, 5) is 9.04. The zero-order valence-electron chi connectivity index (χ0n) is 19.3. The van der Waals surface area contributed by atoms with Crippen molar-refractivity contribution in [3.05, 3.63) is 41.9 Å². The van der Waals surface area contributed by atoms with Crippen LogP contribution in [0.25, 0.3) is 11.3 Å². The van der Waals surface area contributed by atoms with Gasteiger partial charge in [0.1, 0.15) is 0 Å². The van der Waals surface area contributed by atoms with E-state index in [1.54, 1.807) is 0 Å². The van der Waals surface area contributed by atoms with Crippen LogP contribution < -0.4 is 5.73 Å². The molecule has 0 spiro atoms. The molecule has 2 aromatic rings. The number of nitrogens with two attached hydrogens (primary N) is 1. The van der Waals surface area contributed by atoms with E-state index in [-0.39, 0.29) is 17.2 Å². The summed E-state index contributed by atoms with van der Waals surface area (Å²) < 4.78 is 19.1. The summed E-state index contributed by atoms with van der Waals surface area (Å²) in [5.41, 5.74) is 8.86. The molecule has 2 unspecified atom stereocenters. The van der Waals surface area contributed by atoms with Gasteiger partial charge in [-0.3, -0.25) is 0 Å². The number of rotatable bonds is 9. The van der Waals surface area contributed by atoms with Crippen LogP contribution in [-0.4, -0.2) is 43.7 Å². The van der Waals surface area contributed by atoms with E-state index in [2.05, 4.69) is 74.6 Å². The molecule has 1 aromatic heterocycles. The number of imidazole rings is 1. The van der Waals surface area contributed by atoms with Crippen molar-refractivity contribution in [3.63, 3.8) is 0 Å². The van der Waals surface area contributed by atoms with Crippen LogP contribution >= 0.6 is 0 Å².